The Morgan fingerprint density at radius 1 is 1.04 bits per heavy atom. The summed E-state index contributed by atoms with van der Waals surface area (Å²) in [6.07, 6.45) is 24.2. The molecule has 28 heavy (non-hydrogen) atoms. The first-order chi connectivity index (χ1) is 13.6. The Bertz CT molecular complexity index is 514. The van der Waals surface area contributed by atoms with Gasteiger partial charge in [0.15, 0.2) is 0 Å². The van der Waals surface area contributed by atoms with Crippen LogP contribution in [-0.4, -0.2) is 35.9 Å². The summed E-state index contributed by atoms with van der Waals surface area (Å²) in [4.78, 5) is 15.5. The number of rotatable bonds is 18. The standard InChI is InChI=1S/C23H41N3O2/c1-2-3-4-5-6-7-8-9-10-11-12-13-14-15-16-22-25-18-20-26(22,19-17-24)21-23(27)28/h6-7,18,20H,2-5,8-17,19,21,24H2,1H3/b7-6+. The zero-order chi connectivity index (χ0) is 20.5. The Labute approximate surface area is 172 Å². The molecule has 0 bridgehead atoms. The number of nitrogens with zero attached hydrogens (tertiary/aromatic N) is 2. The zero-order valence-corrected chi connectivity index (χ0v) is 17.9. The van der Waals surface area contributed by atoms with Gasteiger partial charge in [0.2, 0.25) is 5.84 Å². The highest BCUT2D eigenvalue weighted by atomic mass is 16.4. The normalized spacial score (nSPS) is 18.9. The lowest BCUT2D eigenvalue weighted by molar-refractivity contribution is -0.780. The second-order valence-electron chi connectivity index (χ2n) is 7.90. The highest BCUT2D eigenvalue weighted by Gasteiger charge is 2.34. The van der Waals surface area contributed by atoms with Crippen molar-refractivity contribution in [2.24, 2.45) is 10.7 Å². The topological polar surface area (TPSA) is 78.5 Å². The Hall–Kier alpha value is -1.46. The Balaban J connectivity index is 2.06. The smallest absolute Gasteiger partial charge is 0.207 e. The lowest BCUT2D eigenvalue weighted by atomic mass is 10.1. The summed E-state index contributed by atoms with van der Waals surface area (Å²) in [5.74, 6) is -0.135. The van der Waals surface area contributed by atoms with Crippen LogP contribution in [-0.2, 0) is 4.79 Å². The average Bonchev–Trinajstić information content (AvgIpc) is 3.03. The molecule has 0 aromatic rings. The van der Waals surface area contributed by atoms with Crippen molar-refractivity contribution in [3.8, 4) is 0 Å². The molecule has 5 heteroatoms. The van der Waals surface area contributed by atoms with Crippen molar-refractivity contribution in [3.05, 3.63) is 24.6 Å². The molecule has 0 aliphatic carbocycles. The predicted octanol–water partition coefficient (Wildman–Crippen LogP) is 4.04. The van der Waals surface area contributed by atoms with Crippen molar-refractivity contribution in [1.82, 2.24) is 0 Å². The quantitative estimate of drug-likeness (QED) is 0.217. The molecule has 0 fully saturated rings. The second-order valence-corrected chi connectivity index (χ2v) is 7.90. The summed E-state index contributed by atoms with van der Waals surface area (Å²) in [7, 11) is 0. The molecule has 1 heterocycles. The van der Waals surface area contributed by atoms with E-state index in [0.29, 0.717) is 13.1 Å². The molecular formula is C23H41N3O2. The minimum atomic E-state index is -1.05. The molecule has 0 saturated carbocycles. The number of unbranched alkanes of at least 4 members (excludes halogenated alkanes) is 10. The molecule has 1 aliphatic rings. The van der Waals surface area contributed by atoms with Crippen LogP contribution in [0.25, 0.3) is 0 Å². The van der Waals surface area contributed by atoms with Crippen LogP contribution in [0.4, 0.5) is 0 Å². The van der Waals surface area contributed by atoms with Gasteiger partial charge in [0.25, 0.3) is 0 Å². The number of hydrogen-bond donors (Lipinski definition) is 1. The molecule has 1 aliphatic heterocycles. The maximum absolute atomic E-state index is 11.1. The van der Waals surface area contributed by atoms with Crippen molar-refractivity contribution in [2.75, 3.05) is 19.6 Å². The average molecular weight is 392 g/mol. The summed E-state index contributed by atoms with van der Waals surface area (Å²) in [6, 6.07) is 0. The van der Waals surface area contributed by atoms with Gasteiger partial charge >= 0.3 is 0 Å². The van der Waals surface area contributed by atoms with E-state index in [1.165, 1.54) is 70.6 Å². The highest BCUT2D eigenvalue weighted by Crippen LogP contribution is 2.21. The van der Waals surface area contributed by atoms with Gasteiger partial charge in [0.1, 0.15) is 19.3 Å². The molecular weight excluding hydrogens is 350 g/mol. The highest BCUT2D eigenvalue weighted by molar-refractivity contribution is 5.80. The number of carbonyl (C=O) groups excluding carboxylic acids is 1. The van der Waals surface area contributed by atoms with Gasteiger partial charge in [-0.05, 0) is 32.1 Å². The van der Waals surface area contributed by atoms with Crippen LogP contribution in [0.5, 0.6) is 0 Å². The third-order valence-corrected chi connectivity index (χ3v) is 5.44. The predicted molar refractivity (Wildman–Crippen MR) is 115 cm³/mol. The fourth-order valence-corrected chi connectivity index (χ4v) is 3.80. The van der Waals surface area contributed by atoms with E-state index in [9.17, 15) is 9.90 Å². The van der Waals surface area contributed by atoms with Crippen LogP contribution in [0.3, 0.4) is 0 Å². The largest absolute Gasteiger partial charge is 0.544 e. The second kappa shape index (κ2) is 15.5. The van der Waals surface area contributed by atoms with E-state index in [4.69, 9.17) is 5.73 Å². The van der Waals surface area contributed by atoms with E-state index < -0.39 is 5.97 Å². The number of quaternary nitrogens is 1. The number of carboxylic acid groups (broad SMARTS) is 1. The van der Waals surface area contributed by atoms with E-state index in [-0.39, 0.29) is 11.0 Å². The lowest BCUT2D eigenvalue weighted by Gasteiger charge is -2.32. The Morgan fingerprint density at radius 2 is 1.64 bits per heavy atom. The first kappa shape index (κ1) is 24.6. The van der Waals surface area contributed by atoms with E-state index in [1.54, 1.807) is 6.20 Å². The maximum Gasteiger partial charge on any atom is 0.207 e. The van der Waals surface area contributed by atoms with Crippen LogP contribution >= 0.6 is 0 Å². The zero-order valence-electron chi connectivity index (χ0n) is 17.9. The lowest BCUT2D eigenvalue weighted by Crippen LogP contribution is -2.55. The van der Waals surface area contributed by atoms with Crippen molar-refractivity contribution >= 4 is 11.8 Å². The summed E-state index contributed by atoms with van der Waals surface area (Å²) in [6.45, 7) is 3.18. The van der Waals surface area contributed by atoms with E-state index in [2.05, 4.69) is 24.1 Å². The molecule has 0 radical (unpaired) electrons. The number of hydrogen-bond acceptors (Lipinski definition) is 4. The van der Waals surface area contributed by atoms with Gasteiger partial charge in [-0.25, -0.2) is 9.48 Å². The van der Waals surface area contributed by atoms with Crippen molar-refractivity contribution in [2.45, 2.75) is 90.4 Å². The van der Waals surface area contributed by atoms with Gasteiger partial charge in [-0.2, -0.15) is 0 Å². The van der Waals surface area contributed by atoms with Gasteiger partial charge in [-0.3, -0.25) is 0 Å². The van der Waals surface area contributed by atoms with Crippen LogP contribution in [0, 0.1) is 0 Å². The first-order valence-corrected chi connectivity index (χ1v) is 11.3. The number of aliphatic imine (C=N–C) groups is 1. The van der Waals surface area contributed by atoms with Crippen molar-refractivity contribution in [3.63, 3.8) is 0 Å². The Kier molecular flexibility index (Phi) is 13.6. The Morgan fingerprint density at radius 3 is 2.25 bits per heavy atom. The van der Waals surface area contributed by atoms with Crippen LogP contribution in [0.15, 0.2) is 29.5 Å². The first-order valence-electron chi connectivity index (χ1n) is 11.3. The molecule has 5 nitrogen and oxygen atoms in total. The van der Waals surface area contributed by atoms with E-state index >= 15 is 0 Å². The molecule has 1 atom stereocenters. The molecule has 1 rings (SSSR count). The van der Waals surface area contributed by atoms with Crippen LogP contribution < -0.4 is 10.8 Å². The van der Waals surface area contributed by atoms with Gasteiger partial charge in [-0.1, -0.05) is 64.0 Å². The minimum absolute atomic E-state index is 0.0699. The SMILES string of the molecule is CCCCC/C=C/CCCCCCCCCC1=NC=C[N+]1(CCN)CC(=O)[O-]. The fourth-order valence-electron chi connectivity index (χ4n) is 3.80. The van der Waals surface area contributed by atoms with Gasteiger partial charge in [0.05, 0.1) is 12.2 Å². The molecule has 0 saturated heterocycles. The summed E-state index contributed by atoms with van der Waals surface area (Å²) in [5.41, 5.74) is 5.69. The molecule has 0 aromatic heterocycles. The number of amidine groups is 1. The van der Waals surface area contributed by atoms with Crippen molar-refractivity contribution in [1.29, 1.82) is 0 Å². The van der Waals surface area contributed by atoms with E-state index in [0.717, 1.165) is 18.7 Å². The number of carbonyl (C=O) groups is 1. The number of aliphatic carboxylic acids is 1. The third-order valence-electron chi connectivity index (χ3n) is 5.44. The maximum atomic E-state index is 11.1. The van der Waals surface area contributed by atoms with Gasteiger partial charge < -0.3 is 15.6 Å². The molecule has 1 unspecified atom stereocenters. The molecule has 0 aromatic carbocycles. The van der Waals surface area contributed by atoms with Crippen molar-refractivity contribution < 1.29 is 14.4 Å². The third kappa shape index (κ3) is 10.2. The van der Waals surface area contributed by atoms with Crippen LogP contribution in [0.2, 0.25) is 0 Å². The van der Waals surface area contributed by atoms with Gasteiger partial charge in [0, 0.05) is 13.0 Å². The van der Waals surface area contributed by atoms with Gasteiger partial charge in [-0.15, -0.1) is 0 Å². The van der Waals surface area contributed by atoms with Crippen LogP contribution in [0.1, 0.15) is 90.4 Å². The van der Waals surface area contributed by atoms with E-state index in [1.807, 2.05) is 6.20 Å². The molecule has 2 N–H and O–H groups in total. The number of allylic oxidation sites excluding steroid dienone is 2. The monoisotopic (exact) mass is 391 g/mol. The molecule has 160 valence electrons. The fraction of sp³-hybridized carbons (Fsp3) is 0.739. The summed E-state index contributed by atoms with van der Waals surface area (Å²) >= 11 is 0. The number of carboxylic acids is 1. The molecule has 0 amide bonds. The summed E-state index contributed by atoms with van der Waals surface area (Å²) in [5, 5.41) is 11.1. The molecule has 0 spiro atoms. The minimum Gasteiger partial charge on any atom is -0.544 e. The number of nitrogens with two attached hydrogens (primary N) is 1. The summed E-state index contributed by atoms with van der Waals surface area (Å²) < 4.78 is 0.241.